The van der Waals surface area contributed by atoms with Crippen LogP contribution in [0.5, 0.6) is 5.75 Å². The molecule has 2 bridgehead atoms. The van der Waals surface area contributed by atoms with Crippen molar-refractivity contribution in [3.8, 4) is 5.75 Å². The molecule has 3 amide bonds. The second-order valence-electron chi connectivity index (χ2n) is 10.4. The van der Waals surface area contributed by atoms with E-state index in [1.807, 2.05) is 0 Å². The van der Waals surface area contributed by atoms with Gasteiger partial charge in [0.25, 0.3) is 11.5 Å². The lowest BCUT2D eigenvalue weighted by atomic mass is 9.77. The number of likely N-dealkylation sites (tertiary alicyclic amines) is 1. The minimum atomic E-state index is -1.16. The highest BCUT2D eigenvalue weighted by atomic mass is 19.1. The van der Waals surface area contributed by atoms with Crippen molar-refractivity contribution in [3.05, 3.63) is 57.5 Å². The summed E-state index contributed by atoms with van der Waals surface area (Å²) in [7, 11) is 0. The number of carbonyl (C=O) groups is 3. The van der Waals surface area contributed by atoms with E-state index >= 15 is 0 Å². The number of amides is 3. The van der Waals surface area contributed by atoms with Crippen LogP contribution in [0.2, 0.25) is 0 Å². The number of carbonyl (C=O) groups excluding carboxylic acids is 3. The van der Waals surface area contributed by atoms with Crippen molar-refractivity contribution in [2.24, 2.45) is 5.92 Å². The van der Waals surface area contributed by atoms with E-state index in [2.05, 4.69) is 15.6 Å². The van der Waals surface area contributed by atoms with Gasteiger partial charge in [0, 0.05) is 26.2 Å². The molecule has 4 aliphatic rings. The van der Waals surface area contributed by atoms with Crippen molar-refractivity contribution in [2.75, 3.05) is 13.1 Å². The van der Waals surface area contributed by atoms with Crippen molar-refractivity contribution in [1.29, 1.82) is 0 Å². The van der Waals surface area contributed by atoms with Crippen molar-refractivity contribution in [2.45, 2.75) is 63.3 Å². The highest BCUT2D eigenvalue weighted by molar-refractivity contribution is 6.35. The van der Waals surface area contributed by atoms with Crippen LogP contribution in [0.25, 0.3) is 0 Å². The van der Waals surface area contributed by atoms with Gasteiger partial charge in [0.2, 0.25) is 5.75 Å². The van der Waals surface area contributed by atoms with Crippen LogP contribution in [0.15, 0.2) is 29.1 Å². The Kier molecular flexibility index (Phi) is 6.91. The van der Waals surface area contributed by atoms with Crippen molar-refractivity contribution < 1.29 is 29.0 Å². The van der Waals surface area contributed by atoms with Gasteiger partial charge in [-0.25, -0.2) is 9.37 Å². The van der Waals surface area contributed by atoms with Crippen LogP contribution < -0.4 is 16.2 Å². The number of nitrogens with zero attached hydrogens (tertiary/aromatic N) is 3. The molecule has 38 heavy (non-hydrogen) atoms. The molecular weight excluding hydrogens is 497 g/mol. The smallest absolute Gasteiger partial charge is 0.311 e. The summed E-state index contributed by atoms with van der Waals surface area (Å²) >= 11 is 0. The Morgan fingerprint density at radius 3 is 2.39 bits per heavy atom. The highest BCUT2D eigenvalue weighted by Gasteiger charge is 2.47. The molecule has 2 aromatic rings. The van der Waals surface area contributed by atoms with Crippen LogP contribution in [0.4, 0.5) is 4.39 Å². The monoisotopic (exact) mass is 527 g/mol. The van der Waals surface area contributed by atoms with Crippen molar-refractivity contribution >= 4 is 17.7 Å². The molecule has 1 aliphatic carbocycles. The fourth-order valence-electron chi connectivity index (χ4n) is 5.60. The van der Waals surface area contributed by atoms with Crippen LogP contribution in [-0.2, 0) is 28.2 Å². The number of halogens is 1. The van der Waals surface area contributed by atoms with Gasteiger partial charge < -0.3 is 25.7 Å². The number of aromatic hydroxyl groups is 1. The van der Waals surface area contributed by atoms with E-state index in [-0.39, 0.29) is 37.9 Å². The molecule has 4 N–H and O–H groups in total. The van der Waals surface area contributed by atoms with Gasteiger partial charge in [-0.1, -0.05) is 12.1 Å². The SMILES string of the molecule is O=C(NC12CCC(CC1)Cn1c2nc(C(=O)NCc2ccc(F)cc2)c(O)c1=O)C(=O)N1CCC(O)CC1. The Bertz CT molecular complexity index is 1310. The molecule has 2 fully saturated rings. The van der Waals surface area contributed by atoms with Crippen LogP contribution in [0, 0.1) is 11.7 Å². The summed E-state index contributed by atoms with van der Waals surface area (Å²) in [5.41, 5.74) is -1.81. The first-order chi connectivity index (χ1) is 18.2. The first kappa shape index (κ1) is 25.8. The predicted molar refractivity (Wildman–Crippen MR) is 131 cm³/mol. The summed E-state index contributed by atoms with van der Waals surface area (Å²) in [6.07, 6.45) is 2.45. The summed E-state index contributed by atoms with van der Waals surface area (Å²) < 4.78 is 14.5. The van der Waals surface area contributed by atoms with Crippen LogP contribution >= 0.6 is 0 Å². The average molecular weight is 528 g/mol. The number of aliphatic hydroxyl groups is 1. The lowest BCUT2D eigenvalue weighted by Crippen LogP contribution is -2.55. The van der Waals surface area contributed by atoms with Gasteiger partial charge in [-0.15, -0.1) is 0 Å². The second kappa shape index (κ2) is 10.2. The van der Waals surface area contributed by atoms with Gasteiger partial charge in [0.15, 0.2) is 5.69 Å². The normalized spacial score (nSPS) is 22.9. The van der Waals surface area contributed by atoms with E-state index in [4.69, 9.17) is 0 Å². The minimum absolute atomic E-state index is 0.0155. The molecule has 6 rings (SSSR count). The predicted octanol–water partition coefficient (Wildman–Crippen LogP) is 0.517. The zero-order chi connectivity index (χ0) is 27.0. The highest BCUT2D eigenvalue weighted by Crippen LogP contribution is 2.43. The fraction of sp³-hybridized carbons (Fsp3) is 0.500. The van der Waals surface area contributed by atoms with Crippen molar-refractivity contribution in [3.63, 3.8) is 0 Å². The first-order valence-corrected chi connectivity index (χ1v) is 12.8. The molecule has 1 aromatic carbocycles. The molecule has 0 unspecified atom stereocenters. The molecule has 1 saturated heterocycles. The standard InChI is InChI=1S/C26H30FN5O6/c27-17-3-1-15(2-4-17)13-28-21(35)19-20(34)23(37)32-14-16-5-9-26(10-6-16,25(32)29-19)30-22(36)24(38)31-11-7-18(33)8-12-31/h1-4,16,18,33-34H,5-14H2,(H,28,35)(H,30,36). The molecule has 1 aromatic heterocycles. The van der Waals surface area contributed by atoms with E-state index < -0.39 is 52.2 Å². The molecule has 12 heteroatoms. The third-order valence-electron chi connectivity index (χ3n) is 7.85. The van der Waals surface area contributed by atoms with E-state index in [1.54, 1.807) is 0 Å². The maximum absolute atomic E-state index is 13.2. The number of hydrogen-bond acceptors (Lipinski definition) is 7. The lowest BCUT2D eigenvalue weighted by Gasteiger charge is -2.37. The Hall–Kier alpha value is -3.80. The maximum Gasteiger partial charge on any atom is 0.311 e. The van der Waals surface area contributed by atoms with E-state index in [9.17, 15) is 33.8 Å². The number of hydrogen-bond donors (Lipinski definition) is 4. The van der Waals surface area contributed by atoms with Crippen molar-refractivity contribution in [1.82, 2.24) is 25.1 Å². The molecule has 4 heterocycles. The molecular formula is C26H30FN5O6. The van der Waals surface area contributed by atoms with Crippen LogP contribution in [0.3, 0.4) is 0 Å². The number of rotatable bonds is 4. The largest absolute Gasteiger partial charge is 0.501 e. The number of aromatic nitrogens is 2. The van der Waals surface area contributed by atoms with Crippen LogP contribution in [-0.4, -0.2) is 61.6 Å². The average Bonchev–Trinajstić information content (AvgIpc) is 3.16. The Labute approximate surface area is 217 Å². The van der Waals surface area contributed by atoms with E-state index in [0.29, 0.717) is 44.1 Å². The van der Waals surface area contributed by atoms with Gasteiger partial charge in [0.1, 0.15) is 11.6 Å². The van der Waals surface area contributed by atoms with Gasteiger partial charge in [-0.05, 0) is 62.1 Å². The number of nitrogens with one attached hydrogen (secondary N) is 2. The quantitative estimate of drug-likeness (QED) is 0.423. The zero-order valence-corrected chi connectivity index (χ0v) is 20.8. The topological polar surface area (TPSA) is 154 Å². The van der Waals surface area contributed by atoms with Gasteiger partial charge in [-0.2, -0.15) is 0 Å². The number of benzene rings is 1. The summed E-state index contributed by atoms with van der Waals surface area (Å²) in [6.45, 7) is 0.829. The van der Waals surface area contributed by atoms with E-state index in [1.165, 1.54) is 33.7 Å². The Morgan fingerprint density at radius 2 is 1.74 bits per heavy atom. The summed E-state index contributed by atoms with van der Waals surface area (Å²) in [5, 5.41) is 25.8. The third kappa shape index (κ3) is 4.87. The van der Waals surface area contributed by atoms with Gasteiger partial charge in [-0.3, -0.25) is 23.7 Å². The number of aliphatic hydroxyl groups excluding tert-OH is 1. The molecule has 0 radical (unpaired) electrons. The summed E-state index contributed by atoms with van der Waals surface area (Å²) in [4.78, 5) is 58.0. The first-order valence-electron chi connectivity index (χ1n) is 12.8. The third-order valence-corrected chi connectivity index (χ3v) is 7.85. The molecule has 202 valence electrons. The molecule has 0 atom stereocenters. The summed E-state index contributed by atoms with van der Waals surface area (Å²) in [5.74, 6) is -3.30. The molecule has 1 saturated carbocycles. The Morgan fingerprint density at radius 1 is 1.08 bits per heavy atom. The fourth-order valence-corrected chi connectivity index (χ4v) is 5.60. The van der Waals surface area contributed by atoms with Gasteiger partial charge in [0.05, 0.1) is 11.6 Å². The maximum atomic E-state index is 13.2. The molecule has 11 nitrogen and oxygen atoms in total. The van der Waals surface area contributed by atoms with E-state index in [0.717, 1.165) is 0 Å². The lowest BCUT2D eigenvalue weighted by molar-refractivity contribution is -0.148. The minimum Gasteiger partial charge on any atom is -0.501 e. The molecule has 0 spiro atoms. The van der Waals surface area contributed by atoms with Crippen LogP contribution in [0.1, 0.15) is 60.4 Å². The Balaban J connectivity index is 1.43. The summed E-state index contributed by atoms with van der Waals surface area (Å²) in [6, 6.07) is 5.50. The zero-order valence-electron chi connectivity index (χ0n) is 20.8. The number of piperidine rings is 1. The second-order valence-corrected chi connectivity index (χ2v) is 10.4. The molecule has 3 aliphatic heterocycles. The number of fused-ring (bicyclic) bond motifs is 2. The van der Waals surface area contributed by atoms with Gasteiger partial charge >= 0.3 is 11.8 Å².